The number of hydrogen-bond acceptors (Lipinski definition) is 2. The minimum absolute atomic E-state index is 0.187. The minimum Gasteiger partial charge on any atom is -0.295 e. The number of hydrogen-bond donors (Lipinski definition) is 0. The zero-order valence-electron chi connectivity index (χ0n) is 29.6. The Bertz CT molecular complexity index is 726. The molecule has 0 aliphatic heterocycles. The van der Waals surface area contributed by atoms with Crippen molar-refractivity contribution >= 4 is 11.6 Å². The fourth-order valence-electron chi connectivity index (χ4n) is 5.89. The second-order valence-corrected chi connectivity index (χ2v) is 13.0. The first-order valence-electron chi connectivity index (χ1n) is 19.1. The number of allylic oxidation sites excluding steroid dienone is 6. The maximum absolute atomic E-state index is 12.8. The molecule has 0 aromatic heterocycles. The van der Waals surface area contributed by atoms with Gasteiger partial charge in [0.1, 0.15) is 0 Å². The molecule has 0 rings (SSSR count). The van der Waals surface area contributed by atoms with Crippen LogP contribution in [-0.4, -0.2) is 11.6 Å². The molecular formula is C41H74O2. The van der Waals surface area contributed by atoms with E-state index in [0.29, 0.717) is 19.3 Å². The molecule has 0 amide bonds. The van der Waals surface area contributed by atoms with Crippen LogP contribution in [0.3, 0.4) is 0 Å². The molecule has 0 aliphatic rings. The van der Waals surface area contributed by atoms with Crippen molar-refractivity contribution in [1.29, 1.82) is 0 Å². The van der Waals surface area contributed by atoms with E-state index in [-0.39, 0.29) is 11.6 Å². The molecule has 0 aromatic rings. The fraction of sp³-hybridized carbons (Fsp3) is 0.805. The quantitative estimate of drug-likeness (QED) is 0.0428. The summed E-state index contributed by atoms with van der Waals surface area (Å²) < 4.78 is 0. The maximum atomic E-state index is 12.8. The standard InChI is InChI=1S/C41H74O2/c1-5-8-10-12-14-16-18-20-22-24-26-28-30-32-34-36-40(42)38(4)39(7-3)41(43)37-35-33-31-29-27-25-23-21-19-17-15-13-11-9-6-2/h20-23H,5-19,24-37H2,1-4H3/b22-20-,23-21-,39-38?. The van der Waals surface area contributed by atoms with Crippen LogP contribution in [-0.2, 0) is 9.59 Å². The number of unbranched alkanes of at least 4 members (excludes halogenated alkanes) is 22. The molecule has 0 N–H and O–H groups in total. The summed E-state index contributed by atoms with van der Waals surface area (Å²) in [5, 5.41) is 0. The van der Waals surface area contributed by atoms with Gasteiger partial charge in [-0.15, -0.1) is 0 Å². The van der Waals surface area contributed by atoms with Gasteiger partial charge in [0.05, 0.1) is 0 Å². The van der Waals surface area contributed by atoms with Gasteiger partial charge in [-0.25, -0.2) is 0 Å². The number of ketones is 2. The molecule has 0 fully saturated rings. The minimum atomic E-state index is 0.187. The monoisotopic (exact) mass is 599 g/mol. The second-order valence-electron chi connectivity index (χ2n) is 13.0. The highest BCUT2D eigenvalue weighted by Gasteiger charge is 2.15. The SMILES string of the molecule is CCCCCCCC/C=C\CCCCCCCC(=O)C(C)=C(CC)C(=O)CCCCCCC/C=C\CCCCCCCC. The van der Waals surface area contributed by atoms with Gasteiger partial charge in [0.15, 0.2) is 11.6 Å². The van der Waals surface area contributed by atoms with Crippen molar-refractivity contribution in [3.8, 4) is 0 Å². The van der Waals surface area contributed by atoms with E-state index in [4.69, 9.17) is 0 Å². The molecular weight excluding hydrogens is 524 g/mol. The normalized spacial score (nSPS) is 12.5. The van der Waals surface area contributed by atoms with Gasteiger partial charge in [-0.3, -0.25) is 9.59 Å². The predicted octanol–water partition coefficient (Wildman–Crippen LogP) is 13.9. The molecule has 0 atom stereocenters. The van der Waals surface area contributed by atoms with Crippen molar-refractivity contribution in [2.75, 3.05) is 0 Å². The molecule has 0 radical (unpaired) electrons. The lowest BCUT2D eigenvalue weighted by atomic mass is 9.94. The summed E-state index contributed by atoms with van der Waals surface area (Å²) in [4.78, 5) is 25.6. The number of carbonyl (C=O) groups excluding carboxylic acids is 2. The molecule has 43 heavy (non-hydrogen) atoms. The van der Waals surface area contributed by atoms with E-state index in [1.807, 2.05) is 13.8 Å². The van der Waals surface area contributed by atoms with Crippen molar-refractivity contribution in [2.45, 2.75) is 214 Å². The summed E-state index contributed by atoms with van der Waals surface area (Å²) >= 11 is 0. The van der Waals surface area contributed by atoms with Gasteiger partial charge in [-0.05, 0) is 83.1 Å². The van der Waals surface area contributed by atoms with Gasteiger partial charge < -0.3 is 0 Å². The van der Waals surface area contributed by atoms with Crippen molar-refractivity contribution in [1.82, 2.24) is 0 Å². The third kappa shape index (κ3) is 27.8. The molecule has 250 valence electrons. The van der Waals surface area contributed by atoms with E-state index in [9.17, 15) is 9.59 Å². The summed E-state index contributed by atoms with van der Waals surface area (Å²) in [6, 6.07) is 0. The number of rotatable bonds is 33. The molecule has 0 saturated heterocycles. The third-order valence-electron chi connectivity index (χ3n) is 8.89. The summed E-state index contributed by atoms with van der Waals surface area (Å²) in [5.74, 6) is 0.392. The van der Waals surface area contributed by atoms with E-state index in [1.54, 1.807) is 0 Å². The van der Waals surface area contributed by atoms with E-state index >= 15 is 0 Å². The Kier molecular flexibility index (Phi) is 32.3. The zero-order valence-corrected chi connectivity index (χ0v) is 29.6. The summed E-state index contributed by atoms with van der Waals surface area (Å²) in [5.41, 5.74) is 1.52. The smallest absolute Gasteiger partial charge is 0.159 e. The van der Waals surface area contributed by atoms with Gasteiger partial charge >= 0.3 is 0 Å². The zero-order chi connectivity index (χ0) is 31.6. The van der Waals surface area contributed by atoms with Crippen LogP contribution in [0.15, 0.2) is 35.5 Å². The Hall–Kier alpha value is -1.44. The van der Waals surface area contributed by atoms with Gasteiger partial charge in [-0.1, -0.05) is 148 Å². The van der Waals surface area contributed by atoms with Crippen LogP contribution in [0.2, 0.25) is 0 Å². The van der Waals surface area contributed by atoms with E-state index in [2.05, 4.69) is 38.2 Å². The Morgan fingerprint density at radius 1 is 0.395 bits per heavy atom. The topological polar surface area (TPSA) is 34.1 Å². The van der Waals surface area contributed by atoms with Crippen molar-refractivity contribution in [3.63, 3.8) is 0 Å². The largest absolute Gasteiger partial charge is 0.295 e. The average molecular weight is 599 g/mol. The molecule has 0 bridgehead atoms. The Morgan fingerprint density at radius 3 is 1.05 bits per heavy atom. The number of carbonyl (C=O) groups is 2. The second kappa shape index (κ2) is 33.5. The Morgan fingerprint density at radius 2 is 0.698 bits per heavy atom. The predicted molar refractivity (Wildman–Crippen MR) is 192 cm³/mol. The van der Waals surface area contributed by atoms with E-state index in [0.717, 1.165) is 36.8 Å². The lowest BCUT2D eigenvalue weighted by Crippen LogP contribution is -2.10. The molecule has 0 saturated carbocycles. The first-order chi connectivity index (χ1) is 21.1. The summed E-state index contributed by atoms with van der Waals surface area (Å²) in [7, 11) is 0. The van der Waals surface area contributed by atoms with Crippen LogP contribution in [0.5, 0.6) is 0 Å². The van der Waals surface area contributed by atoms with Crippen LogP contribution >= 0.6 is 0 Å². The highest BCUT2D eigenvalue weighted by Crippen LogP contribution is 2.19. The van der Waals surface area contributed by atoms with Gasteiger partial charge in [0, 0.05) is 18.4 Å². The molecule has 0 unspecified atom stereocenters. The molecule has 0 aromatic carbocycles. The highest BCUT2D eigenvalue weighted by molar-refractivity contribution is 6.05. The van der Waals surface area contributed by atoms with Crippen LogP contribution in [0.25, 0.3) is 0 Å². The molecule has 0 heterocycles. The fourth-order valence-corrected chi connectivity index (χ4v) is 5.89. The molecule has 0 spiro atoms. The highest BCUT2D eigenvalue weighted by atomic mass is 16.1. The van der Waals surface area contributed by atoms with Crippen molar-refractivity contribution in [3.05, 3.63) is 35.5 Å². The van der Waals surface area contributed by atoms with Crippen LogP contribution < -0.4 is 0 Å². The van der Waals surface area contributed by atoms with Gasteiger partial charge in [-0.2, -0.15) is 0 Å². The van der Waals surface area contributed by atoms with Crippen molar-refractivity contribution < 1.29 is 9.59 Å². The van der Waals surface area contributed by atoms with Gasteiger partial charge in [0.2, 0.25) is 0 Å². The molecule has 2 heteroatoms. The average Bonchev–Trinajstić information content (AvgIpc) is 3.01. The lowest BCUT2D eigenvalue weighted by Gasteiger charge is -2.09. The van der Waals surface area contributed by atoms with Gasteiger partial charge in [0.25, 0.3) is 0 Å². The Labute approximate surface area is 270 Å². The summed E-state index contributed by atoms with van der Waals surface area (Å²) in [6.07, 6.45) is 44.2. The van der Waals surface area contributed by atoms with Crippen LogP contribution in [0, 0.1) is 0 Å². The van der Waals surface area contributed by atoms with Crippen LogP contribution in [0.1, 0.15) is 214 Å². The first-order valence-corrected chi connectivity index (χ1v) is 19.1. The molecule has 2 nitrogen and oxygen atoms in total. The lowest BCUT2D eigenvalue weighted by molar-refractivity contribution is -0.118. The maximum Gasteiger partial charge on any atom is 0.159 e. The third-order valence-corrected chi connectivity index (χ3v) is 8.89. The molecule has 0 aliphatic carbocycles. The van der Waals surface area contributed by atoms with Crippen molar-refractivity contribution in [2.24, 2.45) is 0 Å². The Balaban J connectivity index is 3.84. The van der Waals surface area contributed by atoms with Crippen LogP contribution in [0.4, 0.5) is 0 Å². The van der Waals surface area contributed by atoms with E-state index < -0.39 is 0 Å². The number of Topliss-reactive ketones (excluding diaryl/α,β-unsaturated/α-hetero) is 2. The first kappa shape index (κ1) is 41.6. The van der Waals surface area contributed by atoms with E-state index in [1.165, 1.54) is 141 Å². The summed E-state index contributed by atoms with van der Waals surface area (Å²) in [6.45, 7) is 8.45.